The molecular weight excluding hydrogens is 360 g/mol. The van der Waals surface area contributed by atoms with Gasteiger partial charge in [0.15, 0.2) is 5.69 Å². The number of aromatic nitrogens is 2. The molecule has 1 aliphatic heterocycles. The van der Waals surface area contributed by atoms with Gasteiger partial charge in [0.2, 0.25) is 0 Å². The van der Waals surface area contributed by atoms with Crippen molar-refractivity contribution in [3.05, 3.63) is 53.2 Å². The molecule has 1 saturated heterocycles. The van der Waals surface area contributed by atoms with E-state index in [0.717, 1.165) is 32.1 Å². The van der Waals surface area contributed by atoms with E-state index in [9.17, 15) is 17.6 Å². The fourth-order valence-electron chi connectivity index (χ4n) is 2.76. The molecule has 8 heteroatoms. The summed E-state index contributed by atoms with van der Waals surface area (Å²) in [4.78, 5) is 7.73. The highest BCUT2D eigenvalue weighted by Crippen LogP contribution is 2.29. The predicted molar refractivity (Wildman–Crippen MR) is 97.1 cm³/mol. The SMILES string of the molecule is CC.Fc1ccc(Cc2nc(C(F)(F)F)cnc2NC2CCNCC2)cc1. The van der Waals surface area contributed by atoms with Crippen molar-refractivity contribution < 1.29 is 17.6 Å². The molecule has 27 heavy (non-hydrogen) atoms. The first kappa shape index (κ1) is 21.1. The molecule has 0 atom stereocenters. The number of halogens is 4. The van der Waals surface area contributed by atoms with Crippen molar-refractivity contribution >= 4 is 5.82 Å². The fourth-order valence-corrected chi connectivity index (χ4v) is 2.76. The van der Waals surface area contributed by atoms with Crippen LogP contribution in [0.4, 0.5) is 23.4 Å². The van der Waals surface area contributed by atoms with Gasteiger partial charge >= 0.3 is 6.18 Å². The Morgan fingerprint density at radius 1 is 1.11 bits per heavy atom. The largest absolute Gasteiger partial charge is 0.434 e. The van der Waals surface area contributed by atoms with Gasteiger partial charge in [-0.05, 0) is 43.6 Å². The molecule has 0 saturated carbocycles. The van der Waals surface area contributed by atoms with Gasteiger partial charge in [0.05, 0.1) is 11.9 Å². The molecule has 0 bridgehead atoms. The van der Waals surface area contributed by atoms with Crippen LogP contribution in [0.2, 0.25) is 0 Å². The fraction of sp³-hybridized carbons (Fsp3) is 0.474. The van der Waals surface area contributed by atoms with Gasteiger partial charge in [-0.15, -0.1) is 0 Å². The van der Waals surface area contributed by atoms with Crippen molar-refractivity contribution in [3.63, 3.8) is 0 Å². The lowest BCUT2D eigenvalue weighted by Crippen LogP contribution is -2.36. The Balaban J connectivity index is 0.00000126. The summed E-state index contributed by atoms with van der Waals surface area (Å²) in [5, 5.41) is 6.43. The molecule has 2 N–H and O–H groups in total. The monoisotopic (exact) mass is 384 g/mol. The summed E-state index contributed by atoms with van der Waals surface area (Å²) in [5.41, 5.74) is -0.149. The van der Waals surface area contributed by atoms with Crippen molar-refractivity contribution in [2.45, 2.75) is 45.3 Å². The van der Waals surface area contributed by atoms with Crippen LogP contribution in [-0.4, -0.2) is 29.1 Å². The molecule has 3 rings (SSSR count). The Hall–Kier alpha value is -2.22. The Bertz CT molecular complexity index is 711. The van der Waals surface area contributed by atoms with Gasteiger partial charge in [0.25, 0.3) is 0 Å². The highest BCUT2D eigenvalue weighted by Gasteiger charge is 2.34. The highest BCUT2D eigenvalue weighted by atomic mass is 19.4. The van der Waals surface area contributed by atoms with Gasteiger partial charge in [0, 0.05) is 12.5 Å². The van der Waals surface area contributed by atoms with Crippen molar-refractivity contribution in [3.8, 4) is 0 Å². The quantitative estimate of drug-likeness (QED) is 0.767. The van der Waals surface area contributed by atoms with E-state index in [1.54, 1.807) is 0 Å². The number of hydrogen-bond donors (Lipinski definition) is 2. The van der Waals surface area contributed by atoms with Crippen LogP contribution in [0.1, 0.15) is 43.6 Å². The first-order valence-corrected chi connectivity index (χ1v) is 9.06. The lowest BCUT2D eigenvalue weighted by molar-refractivity contribution is -0.141. The molecule has 4 nitrogen and oxygen atoms in total. The molecule has 1 aliphatic rings. The van der Waals surface area contributed by atoms with Crippen LogP contribution in [0.25, 0.3) is 0 Å². The highest BCUT2D eigenvalue weighted by molar-refractivity contribution is 5.44. The van der Waals surface area contributed by atoms with Crippen molar-refractivity contribution in [1.29, 1.82) is 0 Å². The Morgan fingerprint density at radius 2 is 1.74 bits per heavy atom. The van der Waals surface area contributed by atoms with E-state index in [-0.39, 0.29) is 18.2 Å². The number of nitrogens with one attached hydrogen (secondary N) is 2. The van der Waals surface area contributed by atoms with Gasteiger partial charge < -0.3 is 10.6 Å². The second kappa shape index (κ2) is 9.64. The van der Waals surface area contributed by atoms with Crippen molar-refractivity contribution in [2.75, 3.05) is 18.4 Å². The summed E-state index contributed by atoms with van der Waals surface area (Å²) in [6.07, 6.45) is -1.95. The third-order valence-electron chi connectivity index (χ3n) is 4.10. The van der Waals surface area contributed by atoms with Crippen LogP contribution in [0.5, 0.6) is 0 Å². The zero-order chi connectivity index (χ0) is 19.9. The van der Waals surface area contributed by atoms with E-state index < -0.39 is 17.7 Å². The molecular formula is C19H24F4N4. The number of alkyl halides is 3. The number of hydrogen-bond acceptors (Lipinski definition) is 4. The molecule has 2 heterocycles. The predicted octanol–water partition coefficient (Wildman–Crippen LogP) is 4.42. The Labute approximate surface area is 156 Å². The number of benzene rings is 1. The molecule has 0 amide bonds. The van der Waals surface area contributed by atoms with Gasteiger partial charge in [-0.3, -0.25) is 0 Å². The average Bonchev–Trinajstić information content (AvgIpc) is 2.66. The number of anilines is 1. The molecule has 1 aromatic carbocycles. The minimum Gasteiger partial charge on any atom is -0.366 e. The van der Waals surface area contributed by atoms with Crippen LogP contribution in [0, 0.1) is 5.82 Å². The third-order valence-corrected chi connectivity index (χ3v) is 4.10. The van der Waals surface area contributed by atoms with Gasteiger partial charge in [-0.2, -0.15) is 13.2 Å². The normalized spacial score (nSPS) is 15.0. The first-order chi connectivity index (χ1) is 12.9. The van der Waals surface area contributed by atoms with E-state index in [4.69, 9.17) is 0 Å². The maximum atomic E-state index is 13.0. The minimum atomic E-state index is -4.56. The standard InChI is InChI=1S/C17H18F4N4.C2H6/c18-12-3-1-11(2-4-12)9-14-16(24-13-5-7-22-8-6-13)23-10-15(25-14)17(19,20)21;1-2/h1-4,10,13,22H,5-9H2,(H,23,24);1-2H3. The summed E-state index contributed by atoms with van der Waals surface area (Å²) >= 11 is 0. The number of piperidine rings is 1. The summed E-state index contributed by atoms with van der Waals surface area (Å²) < 4.78 is 51.9. The molecule has 2 aromatic rings. The molecule has 1 aromatic heterocycles. The number of nitrogens with zero attached hydrogens (tertiary/aromatic N) is 2. The van der Waals surface area contributed by atoms with Crippen molar-refractivity contribution in [2.24, 2.45) is 0 Å². The Morgan fingerprint density at radius 3 is 2.33 bits per heavy atom. The zero-order valence-corrected chi connectivity index (χ0v) is 15.4. The van der Waals surface area contributed by atoms with Gasteiger partial charge in [0.1, 0.15) is 11.6 Å². The van der Waals surface area contributed by atoms with Crippen LogP contribution in [-0.2, 0) is 12.6 Å². The maximum absolute atomic E-state index is 13.0. The van der Waals surface area contributed by atoms with Crippen LogP contribution in [0.15, 0.2) is 30.5 Å². The lowest BCUT2D eigenvalue weighted by Gasteiger charge is -2.25. The summed E-state index contributed by atoms with van der Waals surface area (Å²) in [6, 6.07) is 5.75. The molecule has 0 unspecified atom stereocenters. The van der Waals surface area contributed by atoms with Crippen LogP contribution >= 0.6 is 0 Å². The summed E-state index contributed by atoms with van der Waals surface area (Å²) in [5.74, 6) is -0.0452. The van der Waals surface area contributed by atoms with Crippen molar-refractivity contribution in [1.82, 2.24) is 15.3 Å². The van der Waals surface area contributed by atoms with E-state index in [2.05, 4.69) is 20.6 Å². The number of rotatable bonds is 4. The topological polar surface area (TPSA) is 49.8 Å². The average molecular weight is 384 g/mol. The summed E-state index contributed by atoms with van der Waals surface area (Å²) in [6.45, 7) is 5.69. The van der Waals surface area contributed by atoms with Crippen LogP contribution in [0.3, 0.4) is 0 Å². The zero-order valence-electron chi connectivity index (χ0n) is 15.4. The van der Waals surface area contributed by atoms with Gasteiger partial charge in [-0.25, -0.2) is 14.4 Å². The van der Waals surface area contributed by atoms with E-state index in [1.165, 1.54) is 24.3 Å². The van der Waals surface area contributed by atoms with E-state index >= 15 is 0 Å². The smallest absolute Gasteiger partial charge is 0.366 e. The lowest BCUT2D eigenvalue weighted by atomic mass is 10.1. The molecule has 0 aliphatic carbocycles. The van der Waals surface area contributed by atoms with Gasteiger partial charge in [-0.1, -0.05) is 26.0 Å². The first-order valence-electron chi connectivity index (χ1n) is 9.06. The second-order valence-corrected chi connectivity index (χ2v) is 6.02. The molecule has 1 fully saturated rings. The third kappa shape index (κ3) is 6.16. The minimum absolute atomic E-state index is 0.138. The molecule has 0 spiro atoms. The summed E-state index contributed by atoms with van der Waals surface area (Å²) in [7, 11) is 0. The Kier molecular flexibility index (Phi) is 7.53. The second-order valence-electron chi connectivity index (χ2n) is 6.02. The maximum Gasteiger partial charge on any atom is 0.434 e. The molecule has 0 radical (unpaired) electrons. The molecule has 148 valence electrons. The van der Waals surface area contributed by atoms with E-state index in [1.807, 2.05) is 13.8 Å². The van der Waals surface area contributed by atoms with E-state index in [0.29, 0.717) is 11.4 Å². The van der Waals surface area contributed by atoms with Crippen LogP contribution < -0.4 is 10.6 Å².